The van der Waals surface area contributed by atoms with Crippen molar-refractivity contribution in [3.05, 3.63) is 75.8 Å². The Morgan fingerprint density at radius 3 is 2.57 bits per heavy atom. The van der Waals surface area contributed by atoms with E-state index in [1.165, 1.54) is 24.3 Å². The highest BCUT2D eigenvalue weighted by Crippen LogP contribution is 2.45. The predicted molar refractivity (Wildman–Crippen MR) is 129 cm³/mol. The highest BCUT2D eigenvalue weighted by molar-refractivity contribution is 7.92. The zero-order valence-corrected chi connectivity index (χ0v) is 20.6. The summed E-state index contributed by atoms with van der Waals surface area (Å²) in [5, 5.41) is 8.71. The van der Waals surface area contributed by atoms with Crippen LogP contribution in [0.5, 0.6) is 5.75 Å². The van der Waals surface area contributed by atoms with E-state index in [1.807, 2.05) is 0 Å². The minimum atomic E-state index is -4.13. The van der Waals surface area contributed by atoms with Gasteiger partial charge in [-0.05, 0) is 43.2 Å². The summed E-state index contributed by atoms with van der Waals surface area (Å²) in [5.41, 5.74) is 0.850. The molecular weight excluding hydrogens is 523 g/mol. The molecule has 0 saturated carbocycles. The zero-order valence-electron chi connectivity index (χ0n) is 18.3. The van der Waals surface area contributed by atoms with E-state index in [0.717, 1.165) is 15.9 Å². The molecule has 1 heterocycles. The number of carbonyl (C=O) groups is 1. The third-order valence-electron chi connectivity index (χ3n) is 5.52. The lowest BCUT2D eigenvalue weighted by atomic mass is 10.0. The SMILES string of the molecule is Cc1cccc(S(=O)(=O)N2C[C@H](CCC(=O)O)Oc3cc(Cl)c(-c4cc(F)cc(F)c4Cl)cc32)c1. The van der Waals surface area contributed by atoms with E-state index < -0.39 is 33.7 Å². The van der Waals surface area contributed by atoms with Crippen molar-refractivity contribution in [3.63, 3.8) is 0 Å². The Labute approximate surface area is 210 Å². The van der Waals surface area contributed by atoms with Crippen LogP contribution >= 0.6 is 23.2 Å². The number of sulfonamides is 1. The van der Waals surface area contributed by atoms with E-state index in [0.29, 0.717) is 6.07 Å². The molecular formula is C24H19Cl2F2NO5S. The highest BCUT2D eigenvalue weighted by atomic mass is 35.5. The highest BCUT2D eigenvalue weighted by Gasteiger charge is 2.36. The molecule has 1 aliphatic rings. The second-order valence-electron chi connectivity index (χ2n) is 8.07. The summed E-state index contributed by atoms with van der Waals surface area (Å²) < 4.78 is 62.4. The number of ether oxygens (including phenoxy) is 1. The van der Waals surface area contributed by atoms with Crippen LogP contribution in [0.2, 0.25) is 10.0 Å². The van der Waals surface area contributed by atoms with Gasteiger partial charge in [-0.2, -0.15) is 0 Å². The van der Waals surface area contributed by atoms with Crippen LogP contribution in [-0.4, -0.2) is 32.1 Å². The molecule has 184 valence electrons. The smallest absolute Gasteiger partial charge is 0.303 e. The molecule has 1 N–H and O–H groups in total. The van der Waals surface area contributed by atoms with Gasteiger partial charge >= 0.3 is 5.97 Å². The first-order chi connectivity index (χ1) is 16.5. The second-order valence-corrected chi connectivity index (χ2v) is 10.7. The number of anilines is 1. The lowest BCUT2D eigenvalue weighted by Gasteiger charge is -2.36. The normalized spacial score (nSPS) is 15.5. The topological polar surface area (TPSA) is 83.9 Å². The van der Waals surface area contributed by atoms with Gasteiger partial charge < -0.3 is 9.84 Å². The number of hydrogen-bond acceptors (Lipinski definition) is 4. The maximum atomic E-state index is 14.1. The first-order valence-corrected chi connectivity index (χ1v) is 12.6. The van der Waals surface area contributed by atoms with Crippen LogP contribution in [0.1, 0.15) is 18.4 Å². The van der Waals surface area contributed by atoms with Gasteiger partial charge in [0.2, 0.25) is 0 Å². The molecule has 3 aromatic carbocycles. The van der Waals surface area contributed by atoms with Gasteiger partial charge in [-0.1, -0.05) is 35.3 Å². The largest absolute Gasteiger partial charge is 0.486 e. The van der Waals surface area contributed by atoms with Gasteiger partial charge in [0.15, 0.2) is 0 Å². The minimum absolute atomic E-state index is 0.0161. The van der Waals surface area contributed by atoms with E-state index in [-0.39, 0.29) is 56.9 Å². The van der Waals surface area contributed by atoms with Crippen LogP contribution in [0.3, 0.4) is 0 Å². The average molecular weight is 542 g/mol. The Balaban J connectivity index is 1.89. The summed E-state index contributed by atoms with van der Waals surface area (Å²) in [6, 6.07) is 10.6. The Morgan fingerprint density at radius 1 is 1.14 bits per heavy atom. The molecule has 3 aromatic rings. The van der Waals surface area contributed by atoms with Gasteiger partial charge in [0, 0.05) is 29.7 Å². The Kier molecular flexibility index (Phi) is 6.95. The molecule has 4 rings (SSSR count). The molecule has 6 nitrogen and oxygen atoms in total. The van der Waals surface area contributed by atoms with E-state index in [4.69, 9.17) is 33.0 Å². The van der Waals surface area contributed by atoms with Crippen molar-refractivity contribution >= 4 is 44.9 Å². The number of halogens is 4. The fraction of sp³-hybridized carbons (Fsp3) is 0.208. The third kappa shape index (κ3) is 5.07. The van der Waals surface area contributed by atoms with Crippen molar-refractivity contribution in [2.75, 3.05) is 10.8 Å². The summed E-state index contributed by atoms with van der Waals surface area (Å²) in [5.74, 6) is -2.84. The molecule has 0 saturated heterocycles. The second kappa shape index (κ2) is 9.64. The number of nitrogens with zero attached hydrogens (tertiary/aromatic N) is 1. The van der Waals surface area contributed by atoms with Crippen molar-refractivity contribution in [2.45, 2.75) is 30.8 Å². The number of benzene rings is 3. The molecule has 0 aliphatic carbocycles. The first-order valence-electron chi connectivity index (χ1n) is 10.4. The Hall–Kier alpha value is -2.88. The van der Waals surface area contributed by atoms with Crippen LogP contribution in [0.15, 0.2) is 53.4 Å². The van der Waals surface area contributed by atoms with Gasteiger partial charge in [-0.25, -0.2) is 17.2 Å². The first kappa shape index (κ1) is 25.2. The fourth-order valence-corrected chi connectivity index (χ4v) is 5.93. The van der Waals surface area contributed by atoms with Crippen molar-refractivity contribution < 1.29 is 31.8 Å². The molecule has 0 bridgehead atoms. The molecule has 1 atom stereocenters. The van der Waals surface area contributed by atoms with Crippen LogP contribution in [0, 0.1) is 18.6 Å². The molecule has 0 radical (unpaired) electrons. The average Bonchev–Trinajstić information content (AvgIpc) is 2.79. The number of aryl methyl sites for hydroxylation is 1. The Bertz CT molecular complexity index is 1430. The van der Waals surface area contributed by atoms with Crippen LogP contribution in [0.25, 0.3) is 11.1 Å². The maximum Gasteiger partial charge on any atom is 0.303 e. The molecule has 0 aromatic heterocycles. The number of rotatable bonds is 6. The van der Waals surface area contributed by atoms with Gasteiger partial charge in [-0.3, -0.25) is 9.10 Å². The van der Waals surface area contributed by atoms with Gasteiger partial charge in [-0.15, -0.1) is 0 Å². The zero-order chi connectivity index (χ0) is 25.5. The van der Waals surface area contributed by atoms with E-state index in [1.54, 1.807) is 19.1 Å². The maximum absolute atomic E-state index is 14.1. The fourth-order valence-electron chi connectivity index (χ4n) is 3.86. The lowest BCUT2D eigenvalue weighted by Crippen LogP contribution is -2.43. The molecule has 0 amide bonds. The van der Waals surface area contributed by atoms with Gasteiger partial charge in [0.1, 0.15) is 23.5 Å². The number of carboxylic acids is 1. The number of hydrogen-bond donors (Lipinski definition) is 1. The molecule has 11 heteroatoms. The summed E-state index contributed by atoms with van der Waals surface area (Å²) in [6.45, 7) is 1.57. The van der Waals surface area contributed by atoms with Crippen LogP contribution in [-0.2, 0) is 14.8 Å². The van der Waals surface area contributed by atoms with E-state index in [9.17, 15) is 22.0 Å². The minimum Gasteiger partial charge on any atom is -0.486 e. The molecule has 0 spiro atoms. The van der Waals surface area contributed by atoms with E-state index >= 15 is 0 Å². The van der Waals surface area contributed by atoms with Gasteiger partial charge in [0.25, 0.3) is 10.0 Å². The van der Waals surface area contributed by atoms with Crippen LogP contribution < -0.4 is 9.04 Å². The van der Waals surface area contributed by atoms with Crippen molar-refractivity contribution in [2.24, 2.45) is 0 Å². The standard InChI is InChI=1S/C24H19Cl2F2NO5S/c1-13-3-2-4-16(7-13)35(32,33)29-12-15(5-6-23(30)31)34-22-11-19(25)17(10-21(22)29)18-8-14(27)9-20(28)24(18)26/h2-4,7-11,15H,5-6,12H2,1H3,(H,30,31)/t15-/m0/s1. The monoisotopic (exact) mass is 541 g/mol. The third-order valence-corrected chi connectivity index (χ3v) is 7.99. The molecule has 1 aliphatic heterocycles. The quantitative estimate of drug-likeness (QED) is 0.383. The molecule has 0 fully saturated rings. The van der Waals surface area contributed by atoms with Gasteiger partial charge in [0.05, 0.1) is 27.2 Å². The summed E-state index contributed by atoms with van der Waals surface area (Å²) in [4.78, 5) is 11.1. The summed E-state index contributed by atoms with van der Waals surface area (Å²) in [6.07, 6.45) is -0.952. The Morgan fingerprint density at radius 2 is 1.89 bits per heavy atom. The number of fused-ring (bicyclic) bond motifs is 1. The van der Waals surface area contributed by atoms with E-state index in [2.05, 4.69) is 0 Å². The van der Waals surface area contributed by atoms with Crippen molar-refractivity contribution in [3.8, 4) is 16.9 Å². The lowest BCUT2D eigenvalue weighted by molar-refractivity contribution is -0.137. The van der Waals surface area contributed by atoms with Crippen molar-refractivity contribution in [1.82, 2.24) is 0 Å². The summed E-state index contributed by atoms with van der Waals surface area (Å²) >= 11 is 12.5. The predicted octanol–water partition coefficient (Wildman–Crippen LogP) is 6.07. The molecule has 35 heavy (non-hydrogen) atoms. The van der Waals surface area contributed by atoms with Crippen molar-refractivity contribution in [1.29, 1.82) is 0 Å². The summed E-state index contributed by atoms with van der Waals surface area (Å²) in [7, 11) is -4.13. The molecule has 0 unspecified atom stereocenters. The van der Waals surface area contributed by atoms with Crippen LogP contribution in [0.4, 0.5) is 14.5 Å². The number of carboxylic acid groups (broad SMARTS) is 1. The number of aliphatic carboxylic acids is 1.